The third-order valence-electron chi connectivity index (χ3n) is 8.17. The monoisotopic (exact) mass is 476 g/mol. The van der Waals surface area contributed by atoms with Gasteiger partial charge in [-0.3, -0.25) is 9.59 Å². The van der Waals surface area contributed by atoms with Gasteiger partial charge in [-0.1, -0.05) is 12.2 Å². The van der Waals surface area contributed by atoms with Crippen LogP contribution in [0.4, 0.5) is 18.9 Å². The lowest BCUT2D eigenvalue weighted by atomic mass is 9.81. The molecular formula is C25H31F3N4O2. The van der Waals surface area contributed by atoms with Crippen molar-refractivity contribution < 1.29 is 22.8 Å². The fourth-order valence-electron chi connectivity index (χ4n) is 6.37. The molecule has 9 heteroatoms. The Bertz CT molecular complexity index is 952. The minimum Gasteiger partial charge on any atom is -0.356 e. The van der Waals surface area contributed by atoms with Crippen molar-refractivity contribution in [1.29, 1.82) is 0 Å². The highest BCUT2D eigenvalue weighted by atomic mass is 19.4. The number of anilines is 1. The van der Waals surface area contributed by atoms with Gasteiger partial charge < -0.3 is 15.5 Å². The Hall–Kier alpha value is -2.42. The largest absolute Gasteiger partial charge is 0.433 e. The minimum atomic E-state index is -4.53. The summed E-state index contributed by atoms with van der Waals surface area (Å²) in [5, 5.41) is 5.78. The summed E-state index contributed by atoms with van der Waals surface area (Å²) in [6.07, 6.45) is 7.11. The summed E-state index contributed by atoms with van der Waals surface area (Å²) < 4.78 is 38.4. The van der Waals surface area contributed by atoms with Crippen LogP contribution < -0.4 is 10.6 Å². The first-order valence-corrected chi connectivity index (χ1v) is 12.3. The number of unbranched alkanes of at least 4 members (excludes halogenated alkanes) is 1. The number of alkyl halides is 3. The molecule has 0 aromatic carbocycles. The number of rotatable bonds is 8. The predicted molar refractivity (Wildman–Crippen MR) is 121 cm³/mol. The molecule has 6 nitrogen and oxygen atoms in total. The molecular weight excluding hydrogens is 445 g/mol. The van der Waals surface area contributed by atoms with E-state index in [0.29, 0.717) is 6.54 Å². The average molecular weight is 477 g/mol. The van der Waals surface area contributed by atoms with Crippen LogP contribution in [-0.2, 0) is 15.8 Å². The zero-order valence-corrected chi connectivity index (χ0v) is 19.1. The molecule has 0 radical (unpaired) electrons. The van der Waals surface area contributed by atoms with Gasteiger partial charge >= 0.3 is 6.18 Å². The van der Waals surface area contributed by atoms with Crippen LogP contribution in [0.15, 0.2) is 30.5 Å². The van der Waals surface area contributed by atoms with Gasteiger partial charge in [-0.15, -0.1) is 0 Å². The Kier molecular flexibility index (Phi) is 6.16. The van der Waals surface area contributed by atoms with Crippen LogP contribution in [0.25, 0.3) is 0 Å². The van der Waals surface area contributed by atoms with Crippen molar-refractivity contribution in [2.45, 2.75) is 44.7 Å². The molecule has 0 unspecified atom stereocenters. The highest BCUT2D eigenvalue weighted by Crippen LogP contribution is 2.72. The smallest absolute Gasteiger partial charge is 0.356 e. The lowest BCUT2D eigenvalue weighted by Gasteiger charge is -2.26. The van der Waals surface area contributed by atoms with E-state index in [-0.39, 0.29) is 34.8 Å². The summed E-state index contributed by atoms with van der Waals surface area (Å²) >= 11 is 0. The second-order valence-electron chi connectivity index (χ2n) is 10.2. The summed E-state index contributed by atoms with van der Waals surface area (Å²) in [4.78, 5) is 32.4. The SMILES string of the molecule is O=C(NCCCCN1CCCC1)[C@H]1[C@H](C(=O)Nc2ccc(C(F)(F)F)nc2)[C@H]2C=C[C@H]1C21CC1. The Morgan fingerprint density at radius 1 is 1.03 bits per heavy atom. The van der Waals surface area contributed by atoms with Gasteiger partial charge in [0.1, 0.15) is 5.69 Å². The molecule has 4 atom stereocenters. The number of halogens is 3. The van der Waals surface area contributed by atoms with E-state index in [1.54, 1.807) is 0 Å². The lowest BCUT2D eigenvalue weighted by molar-refractivity contribution is -0.141. The molecule has 3 fully saturated rings. The van der Waals surface area contributed by atoms with Gasteiger partial charge in [0.15, 0.2) is 0 Å². The highest BCUT2D eigenvalue weighted by molar-refractivity contribution is 5.97. The van der Waals surface area contributed by atoms with Gasteiger partial charge in [0.2, 0.25) is 11.8 Å². The van der Waals surface area contributed by atoms with Crippen LogP contribution in [0, 0.1) is 29.1 Å². The van der Waals surface area contributed by atoms with Crippen molar-refractivity contribution >= 4 is 17.5 Å². The number of amides is 2. The number of carbonyl (C=O) groups is 2. The Balaban J connectivity index is 1.21. The molecule has 3 aliphatic carbocycles. The van der Waals surface area contributed by atoms with Crippen LogP contribution in [0.2, 0.25) is 0 Å². The first-order chi connectivity index (χ1) is 16.3. The quantitative estimate of drug-likeness (QED) is 0.442. The van der Waals surface area contributed by atoms with Crippen molar-refractivity contribution in [3.8, 4) is 0 Å². The molecule has 1 aromatic heterocycles. The third-order valence-corrected chi connectivity index (χ3v) is 8.17. The van der Waals surface area contributed by atoms with Crippen molar-refractivity contribution in [2.75, 3.05) is 31.5 Å². The lowest BCUT2D eigenvalue weighted by Crippen LogP contribution is -2.42. The van der Waals surface area contributed by atoms with Gasteiger partial charge in [-0.25, -0.2) is 4.98 Å². The molecule has 1 aromatic rings. The molecule has 1 saturated heterocycles. The molecule has 2 N–H and O–H groups in total. The standard InChI is InChI=1S/C25H31F3N4O2/c26-25(27,28)19-8-5-16(15-30-19)31-23(34)21-18-7-6-17(24(18)9-10-24)20(21)22(33)29-11-1-2-12-32-13-3-4-14-32/h5-8,15,17-18,20-21H,1-4,9-14H2,(H,29,33)(H,31,34)/t17-,18-,20-,21-/m1/s1. The van der Waals surface area contributed by atoms with Crippen molar-refractivity contribution in [3.63, 3.8) is 0 Å². The van der Waals surface area contributed by atoms with Gasteiger partial charge in [-0.05, 0) is 87.5 Å². The number of likely N-dealkylation sites (tertiary alicyclic amines) is 1. The van der Waals surface area contributed by atoms with Crippen molar-refractivity contribution in [2.24, 2.45) is 29.1 Å². The van der Waals surface area contributed by atoms with Crippen molar-refractivity contribution in [1.82, 2.24) is 15.2 Å². The molecule has 184 valence electrons. The molecule has 2 bridgehead atoms. The molecule has 2 heterocycles. The van der Waals surface area contributed by atoms with Crippen LogP contribution in [-0.4, -0.2) is 47.9 Å². The van der Waals surface area contributed by atoms with E-state index in [9.17, 15) is 22.8 Å². The van der Waals surface area contributed by atoms with Gasteiger partial charge in [0.05, 0.1) is 23.7 Å². The fourth-order valence-corrected chi connectivity index (χ4v) is 6.37. The fraction of sp³-hybridized carbons (Fsp3) is 0.640. The second-order valence-corrected chi connectivity index (χ2v) is 10.2. The molecule has 1 aliphatic heterocycles. The summed E-state index contributed by atoms with van der Waals surface area (Å²) in [7, 11) is 0. The Morgan fingerprint density at radius 2 is 1.71 bits per heavy atom. The Morgan fingerprint density at radius 3 is 2.29 bits per heavy atom. The zero-order chi connectivity index (χ0) is 23.9. The van der Waals surface area contributed by atoms with E-state index >= 15 is 0 Å². The van der Waals surface area contributed by atoms with Gasteiger partial charge in [0.25, 0.3) is 0 Å². The van der Waals surface area contributed by atoms with Crippen molar-refractivity contribution in [3.05, 3.63) is 36.2 Å². The van der Waals surface area contributed by atoms with Crippen LogP contribution in [0.5, 0.6) is 0 Å². The summed E-state index contributed by atoms with van der Waals surface area (Å²) in [5.74, 6) is -1.34. The summed E-state index contributed by atoms with van der Waals surface area (Å²) in [6, 6.07) is 2.06. The molecule has 4 aliphatic rings. The topological polar surface area (TPSA) is 74.3 Å². The normalized spacial score (nSPS) is 29.0. The maximum atomic E-state index is 13.3. The average Bonchev–Trinajstić information content (AvgIpc) is 3.16. The zero-order valence-electron chi connectivity index (χ0n) is 19.1. The number of nitrogens with zero attached hydrogens (tertiary/aromatic N) is 2. The number of allylic oxidation sites excluding steroid dienone is 2. The minimum absolute atomic E-state index is 0.00183. The van der Waals surface area contributed by atoms with Crippen LogP contribution in [0.1, 0.15) is 44.2 Å². The molecule has 2 amide bonds. The van der Waals surface area contributed by atoms with Crippen LogP contribution >= 0.6 is 0 Å². The number of carbonyl (C=O) groups excluding carboxylic acids is 2. The Labute approximate surface area is 197 Å². The van der Waals surface area contributed by atoms with E-state index in [4.69, 9.17) is 0 Å². The van der Waals surface area contributed by atoms with E-state index < -0.39 is 23.7 Å². The molecule has 34 heavy (non-hydrogen) atoms. The number of hydrogen-bond acceptors (Lipinski definition) is 4. The van der Waals surface area contributed by atoms with Crippen LogP contribution in [0.3, 0.4) is 0 Å². The number of hydrogen-bond donors (Lipinski definition) is 2. The third kappa shape index (κ3) is 4.34. The summed E-state index contributed by atoms with van der Waals surface area (Å²) in [5.41, 5.74) is -0.805. The molecule has 5 rings (SSSR count). The predicted octanol–water partition coefficient (Wildman–Crippen LogP) is 3.86. The highest BCUT2D eigenvalue weighted by Gasteiger charge is 2.69. The van der Waals surface area contributed by atoms with E-state index in [1.165, 1.54) is 18.9 Å². The maximum absolute atomic E-state index is 13.3. The van der Waals surface area contributed by atoms with Gasteiger partial charge in [0, 0.05) is 6.54 Å². The molecule has 2 saturated carbocycles. The van der Waals surface area contributed by atoms with E-state index in [0.717, 1.165) is 57.6 Å². The number of nitrogens with one attached hydrogen (secondary N) is 2. The molecule has 1 spiro atoms. The number of pyridine rings is 1. The maximum Gasteiger partial charge on any atom is 0.433 e. The first kappa shape index (κ1) is 23.3. The first-order valence-electron chi connectivity index (χ1n) is 12.3. The number of aromatic nitrogens is 1. The van der Waals surface area contributed by atoms with E-state index in [2.05, 4.69) is 32.7 Å². The van der Waals surface area contributed by atoms with Gasteiger partial charge in [-0.2, -0.15) is 13.2 Å². The van der Waals surface area contributed by atoms with E-state index in [1.807, 2.05) is 0 Å². The second kappa shape index (κ2) is 8.98. The summed E-state index contributed by atoms with van der Waals surface area (Å²) in [6.45, 7) is 3.98.